The van der Waals surface area contributed by atoms with E-state index >= 15 is 0 Å². The number of aromatic nitrogens is 2. The van der Waals surface area contributed by atoms with Crippen LogP contribution in [0.5, 0.6) is 0 Å². The summed E-state index contributed by atoms with van der Waals surface area (Å²) in [4.78, 5) is 11.2. The number of hydrogen-bond acceptors (Lipinski definition) is 8. The molecule has 170 valence electrons. The summed E-state index contributed by atoms with van der Waals surface area (Å²) < 4.78 is 5.52. The zero-order valence-corrected chi connectivity index (χ0v) is 19.1. The van der Waals surface area contributed by atoms with Gasteiger partial charge in [0.2, 0.25) is 5.95 Å². The van der Waals surface area contributed by atoms with Crippen molar-refractivity contribution in [2.75, 3.05) is 36.5 Å². The molecule has 1 saturated carbocycles. The van der Waals surface area contributed by atoms with E-state index in [1.54, 1.807) is 6.20 Å². The van der Waals surface area contributed by atoms with Crippen LogP contribution in [0, 0.1) is 10.8 Å². The minimum atomic E-state index is -0.393. The van der Waals surface area contributed by atoms with Crippen molar-refractivity contribution >= 4 is 52.0 Å². The van der Waals surface area contributed by atoms with E-state index in [1.807, 2.05) is 12.1 Å². The van der Waals surface area contributed by atoms with E-state index in [0.29, 0.717) is 41.1 Å². The number of hydrogen-bond donors (Lipinski definition) is 4. The molecule has 3 heterocycles. The highest BCUT2D eigenvalue weighted by atomic mass is 35.5. The van der Waals surface area contributed by atoms with Crippen LogP contribution in [-0.4, -0.2) is 59.7 Å². The number of ether oxygens (including phenoxy) is 1. The molecule has 4 N–H and O–H groups in total. The van der Waals surface area contributed by atoms with Gasteiger partial charge in [0.1, 0.15) is 5.16 Å². The molecule has 2 saturated heterocycles. The summed E-state index contributed by atoms with van der Waals surface area (Å²) in [6, 6.07) is 4.23. The van der Waals surface area contributed by atoms with Crippen molar-refractivity contribution in [2.24, 2.45) is 5.41 Å². The van der Waals surface area contributed by atoms with Crippen molar-refractivity contribution in [1.29, 1.82) is 5.41 Å². The third kappa shape index (κ3) is 4.24. The second kappa shape index (κ2) is 8.67. The highest BCUT2D eigenvalue weighted by molar-refractivity contribution is 6.34. The van der Waals surface area contributed by atoms with Gasteiger partial charge in [0.05, 0.1) is 41.2 Å². The van der Waals surface area contributed by atoms with Crippen molar-refractivity contribution in [2.45, 2.75) is 37.8 Å². The Labute approximate surface area is 196 Å². The van der Waals surface area contributed by atoms with Gasteiger partial charge in [-0.1, -0.05) is 23.2 Å². The van der Waals surface area contributed by atoms with E-state index in [4.69, 9.17) is 33.3 Å². The topological polar surface area (TPSA) is 106 Å². The van der Waals surface area contributed by atoms with Crippen LogP contribution in [-0.2, 0) is 4.74 Å². The Bertz CT molecular complexity index is 1070. The highest BCUT2D eigenvalue weighted by Crippen LogP contribution is 2.42. The molecule has 5 rings (SSSR count). The van der Waals surface area contributed by atoms with Crippen LogP contribution in [0.25, 0.3) is 10.9 Å². The molecule has 1 atom stereocenters. The van der Waals surface area contributed by atoms with Crippen LogP contribution >= 0.6 is 23.2 Å². The van der Waals surface area contributed by atoms with Gasteiger partial charge in [-0.3, -0.25) is 0 Å². The Hall–Kier alpha value is -2.13. The molecule has 1 aromatic heterocycles. The first-order valence-electron chi connectivity index (χ1n) is 10.9. The van der Waals surface area contributed by atoms with Crippen molar-refractivity contribution in [3.8, 4) is 0 Å². The normalized spacial score (nSPS) is 23.3. The van der Waals surface area contributed by atoms with Crippen LogP contribution in [0.3, 0.4) is 0 Å². The first-order chi connectivity index (χ1) is 15.5. The average Bonchev–Trinajstić information content (AvgIpc) is 3.54. The van der Waals surface area contributed by atoms with Crippen molar-refractivity contribution < 1.29 is 9.84 Å². The van der Waals surface area contributed by atoms with Gasteiger partial charge in [-0.25, -0.2) is 9.97 Å². The molecule has 2 aromatic rings. The van der Waals surface area contributed by atoms with Crippen LogP contribution in [0.4, 0.5) is 11.6 Å². The average molecular weight is 477 g/mol. The molecule has 3 aliphatic rings. The van der Waals surface area contributed by atoms with E-state index in [1.165, 1.54) is 0 Å². The van der Waals surface area contributed by atoms with Crippen LogP contribution in [0.15, 0.2) is 29.2 Å². The molecule has 1 spiro atoms. The molecule has 10 heteroatoms. The number of allylic oxidation sites excluding steroid dienone is 1. The lowest BCUT2D eigenvalue weighted by molar-refractivity contribution is 0.0495. The predicted octanol–water partition coefficient (Wildman–Crippen LogP) is 3.48. The number of aliphatic hydroxyl groups excluding tert-OH is 1. The third-order valence-electron chi connectivity index (χ3n) is 6.66. The molecule has 1 aliphatic carbocycles. The Morgan fingerprint density at radius 2 is 2.09 bits per heavy atom. The maximum absolute atomic E-state index is 10.3. The summed E-state index contributed by atoms with van der Waals surface area (Å²) in [5.41, 5.74) is 1.96. The molecule has 1 aromatic carbocycles. The lowest BCUT2D eigenvalue weighted by atomic mass is 9.76. The quantitative estimate of drug-likeness (QED) is 0.373. The Morgan fingerprint density at radius 1 is 1.31 bits per heavy atom. The van der Waals surface area contributed by atoms with E-state index in [2.05, 4.69) is 25.5 Å². The number of anilines is 2. The van der Waals surface area contributed by atoms with Gasteiger partial charge >= 0.3 is 0 Å². The van der Waals surface area contributed by atoms with E-state index in [9.17, 15) is 5.11 Å². The van der Waals surface area contributed by atoms with Gasteiger partial charge in [-0.15, -0.1) is 0 Å². The molecule has 32 heavy (non-hydrogen) atoms. The number of piperidine rings is 1. The number of halogens is 2. The first-order valence-corrected chi connectivity index (χ1v) is 11.6. The highest BCUT2D eigenvalue weighted by Gasteiger charge is 2.45. The zero-order valence-electron chi connectivity index (χ0n) is 17.6. The fraction of sp³-hybridized carbons (Fsp3) is 0.500. The summed E-state index contributed by atoms with van der Waals surface area (Å²) in [7, 11) is 0. The fourth-order valence-corrected chi connectivity index (χ4v) is 4.97. The first kappa shape index (κ1) is 21.7. The molecule has 0 radical (unpaired) electrons. The number of nitrogens with one attached hydrogen (secondary N) is 3. The minimum Gasteiger partial charge on any atom is -0.390 e. The second-order valence-electron chi connectivity index (χ2n) is 8.85. The van der Waals surface area contributed by atoms with E-state index in [-0.39, 0.29) is 5.41 Å². The summed E-state index contributed by atoms with van der Waals surface area (Å²) in [6.07, 6.45) is 6.36. The smallest absolute Gasteiger partial charge is 0.227 e. The summed E-state index contributed by atoms with van der Waals surface area (Å²) in [5.74, 6) is 0.365. The number of fused-ring (bicyclic) bond motifs is 1. The van der Waals surface area contributed by atoms with Gasteiger partial charge in [-0.2, -0.15) is 0 Å². The number of aliphatic hydroxyl groups is 1. The molecule has 3 fully saturated rings. The zero-order chi connectivity index (χ0) is 22.3. The summed E-state index contributed by atoms with van der Waals surface area (Å²) in [5, 5.41) is 26.1. The molecule has 0 bridgehead atoms. The molecular formula is C22H26Cl2N6O2. The summed E-state index contributed by atoms with van der Waals surface area (Å²) >= 11 is 12.9. The van der Waals surface area contributed by atoms with Gasteiger partial charge in [0.25, 0.3) is 0 Å². The van der Waals surface area contributed by atoms with Gasteiger partial charge < -0.3 is 30.8 Å². The number of benzene rings is 1. The lowest BCUT2D eigenvalue weighted by Crippen LogP contribution is -2.46. The third-order valence-corrected chi connectivity index (χ3v) is 7.27. The molecule has 8 nitrogen and oxygen atoms in total. The van der Waals surface area contributed by atoms with Crippen molar-refractivity contribution in [1.82, 2.24) is 15.3 Å². The van der Waals surface area contributed by atoms with E-state index in [0.717, 1.165) is 61.6 Å². The van der Waals surface area contributed by atoms with Crippen LogP contribution in [0.2, 0.25) is 5.02 Å². The maximum atomic E-state index is 10.3. The molecule has 1 unspecified atom stereocenters. The van der Waals surface area contributed by atoms with Gasteiger partial charge in [0, 0.05) is 42.3 Å². The second-order valence-corrected chi connectivity index (χ2v) is 9.64. The van der Waals surface area contributed by atoms with Crippen LogP contribution < -0.4 is 15.5 Å². The summed E-state index contributed by atoms with van der Waals surface area (Å²) in [6.45, 7) is 2.64. The fourth-order valence-electron chi connectivity index (χ4n) is 4.42. The van der Waals surface area contributed by atoms with E-state index < -0.39 is 6.10 Å². The predicted molar refractivity (Wildman–Crippen MR) is 127 cm³/mol. The minimum absolute atomic E-state index is 0.137. The standard InChI is InChI=1S/C22H26Cl2N6O2/c23-15-7-13-10-26-21(29-17(9-25)20(24)27-14-1-2-14)28-16(13)8-18(15)30-5-3-22(4-6-30)12-32-11-19(22)31/h7-10,14,19,25,27,31H,1-6,11-12H2,(H,26,28,29)/b20-17+,25-9?. The number of nitrogens with zero attached hydrogens (tertiary/aromatic N) is 3. The Morgan fingerprint density at radius 3 is 2.75 bits per heavy atom. The SMILES string of the molecule is N=C/C(Nc1ncc2cc(Cl)c(N3CCC4(CC3)COCC4O)cc2n1)=C(/Cl)NC1CC1. The van der Waals surface area contributed by atoms with Crippen LogP contribution in [0.1, 0.15) is 25.7 Å². The number of rotatable bonds is 6. The van der Waals surface area contributed by atoms with Gasteiger partial charge in [0.15, 0.2) is 0 Å². The van der Waals surface area contributed by atoms with Crippen molar-refractivity contribution in [3.05, 3.63) is 34.2 Å². The Balaban J connectivity index is 1.37. The Kier molecular flexibility index (Phi) is 5.88. The largest absolute Gasteiger partial charge is 0.390 e. The molecule has 2 aliphatic heterocycles. The molecular weight excluding hydrogens is 451 g/mol. The van der Waals surface area contributed by atoms with Gasteiger partial charge in [-0.05, 0) is 37.8 Å². The lowest BCUT2D eigenvalue weighted by Gasteiger charge is -2.41. The molecule has 0 amide bonds. The van der Waals surface area contributed by atoms with Crippen molar-refractivity contribution in [3.63, 3.8) is 0 Å². The monoisotopic (exact) mass is 476 g/mol. The maximum Gasteiger partial charge on any atom is 0.227 e.